The molecule has 0 aliphatic heterocycles. The van der Waals surface area contributed by atoms with Gasteiger partial charge in [-0.05, 0) is 80.8 Å². The molecule has 4 aliphatic rings. The van der Waals surface area contributed by atoms with Crippen LogP contribution in [0.25, 0.3) is 0 Å². The molecule has 4 nitrogen and oxygen atoms in total. The summed E-state index contributed by atoms with van der Waals surface area (Å²) in [5.74, 6) is 2.74. The van der Waals surface area contributed by atoms with Crippen LogP contribution in [-0.2, 0) is 6.54 Å². The van der Waals surface area contributed by atoms with Crippen LogP contribution in [0.1, 0.15) is 61.5 Å². The molecule has 3 N–H and O–H groups in total. The number of hydrogen-bond donors (Lipinski definition) is 2. The molecule has 0 saturated heterocycles. The van der Waals surface area contributed by atoms with Crippen LogP contribution in [0.15, 0.2) is 18.3 Å². The van der Waals surface area contributed by atoms with Crippen molar-refractivity contribution >= 4 is 5.91 Å². The molecule has 4 bridgehead atoms. The van der Waals surface area contributed by atoms with Crippen molar-refractivity contribution < 1.29 is 4.79 Å². The molecule has 0 radical (unpaired) electrons. The summed E-state index contributed by atoms with van der Waals surface area (Å²) in [6.45, 7) is 2.59. The van der Waals surface area contributed by atoms with Gasteiger partial charge in [0.2, 0.25) is 0 Å². The van der Waals surface area contributed by atoms with E-state index in [2.05, 4.69) is 17.2 Å². The number of carbonyl (C=O) groups is 1. The third kappa shape index (κ3) is 2.67. The number of nitrogens with two attached hydrogens (primary N) is 1. The van der Waals surface area contributed by atoms with E-state index < -0.39 is 0 Å². The number of hydrogen-bond acceptors (Lipinski definition) is 3. The monoisotopic (exact) mass is 313 g/mol. The van der Waals surface area contributed by atoms with Gasteiger partial charge in [0, 0.05) is 24.3 Å². The average molecular weight is 313 g/mol. The molecule has 0 aromatic carbocycles. The topological polar surface area (TPSA) is 68.0 Å². The molecule has 4 aliphatic carbocycles. The standard InChI is InChI=1S/C19H27N3O/c1-12(22-18(23)16-2-3-21-17(7-16)11-20)19-8-13-4-14(9-19)6-15(5-13)10-19/h2-3,7,12-15H,4-6,8-11,20H2,1H3,(H,22,23). The summed E-state index contributed by atoms with van der Waals surface area (Å²) in [4.78, 5) is 16.8. The summed E-state index contributed by atoms with van der Waals surface area (Å²) in [7, 11) is 0. The second kappa shape index (κ2) is 5.59. The van der Waals surface area contributed by atoms with E-state index in [0.29, 0.717) is 17.5 Å². The van der Waals surface area contributed by atoms with Gasteiger partial charge in [0.25, 0.3) is 5.91 Å². The minimum absolute atomic E-state index is 0.0188. The van der Waals surface area contributed by atoms with Crippen molar-refractivity contribution in [2.75, 3.05) is 0 Å². The average Bonchev–Trinajstić information content (AvgIpc) is 2.53. The molecule has 0 spiro atoms. The van der Waals surface area contributed by atoms with Gasteiger partial charge >= 0.3 is 0 Å². The number of aromatic nitrogens is 1. The molecule has 1 aromatic rings. The maximum atomic E-state index is 12.6. The van der Waals surface area contributed by atoms with Crippen molar-refractivity contribution in [3.63, 3.8) is 0 Å². The maximum absolute atomic E-state index is 12.6. The van der Waals surface area contributed by atoms with E-state index in [1.165, 1.54) is 38.5 Å². The molecule has 1 aromatic heterocycles. The molecular weight excluding hydrogens is 286 g/mol. The Morgan fingerprint density at radius 1 is 1.30 bits per heavy atom. The summed E-state index contributed by atoms with van der Waals surface area (Å²) >= 11 is 0. The molecule has 23 heavy (non-hydrogen) atoms. The third-order valence-corrected chi connectivity index (χ3v) is 6.64. The second-order valence-corrected chi connectivity index (χ2v) is 8.22. The van der Waals surface area contributed by atoms with Gasteiger partial charge in [-0.3, -0.25) is 9.78 Å². The highest BCUT2D eigenvalue weighted by Gasteiger charge is 2.53. The summed E-state index contributed by atoms with van der Waals surface area (Å²) in [6, 6.07) is 3.83. The molecule has 4 fully saturated rings. The summed E-state index contributed by atoms with van der Waals surface area (Å²) in [5.41, 5.74) is 7.41. The highest BCUT2D eigenvalue weighted by atomic mass is 16.1. The first-order valence-corrected chi connectivity index (χ1v) is 9.04. The predicted molar refractivity (Wildman–Crippen MR) is 89.7 cm³/mol. The first-order chi connectivity index (χ1) is 11.1. The Bertz CT molecular complexity index is 577. The third-order valence-electron chi connectivity index (χ3n) is 6.64. The first kappa shape index (κ1) is 15.1. The zero-order valence-electron chi connectivity index (χ0n) is 13.9. The van der Waals surface area contributed by atoms with Crippen LogP contribution in [-0.4, -0.2) is 16.9 Å². The van der Waals surface area contributed by atoms with Gasteiger partial charge in [0.15, 0.2) is 0 Å². The lowest BCUT2D eigenvalue weighted by atomic mass is 9.48. The van der Waals surface area contributed by atoms with Crippen LogP contribution in [0.4, 0.5) is 0 Å². The fourth-order valence-corrected chi connectivity index (χ4v) is 5.87. The van der Waals surface area contributed by atoms with E-state index in [1.54, 1.807) is 12.3 Å². The minimum atomic E-state index is 0.0188. The van der Waals surface area contributed by atoms with E-state index in [4.69, 9.17) is 5.73 Å². The maximum Gasteiger partial charge on any atom is 0.251 e. The van der Waals surface area contributed by atoms with Crippen molar-refractivity contribution in [1.82, 2.24) is 10.3 Å². The number of nitrogens with zero attached hydrogens (tertiary/aromatic N) is 1. The van der Waals surface area contributed by atoms with Crippen LogP contribution >= 0.6 is 0 Å². The van der Waals surface area contributed by atoms with Gasteiger partial charge in [-0.2, -0.15) is 0 Å². The fourth-order valence-electron chi connectivity index (χ4n) is 5.87. The van der Waals surface area contributed by atoms with E-state index in [9.17, 15) is 4.79 Å². The molecule has 1 atom stereocenters. The normalized spacial score (nSPS) is 36.0. The van der Waals surface area contributed by atoms with Crippen LogP contribution in [0.2, 0.25) is 0 Å². The predicted octanol–water partition coefficient (Wildman–Crippen LogP) is 2.88. The van der Waals surface area contributed by atoms with Crippen molar-refractivity contribution in [2.24, 2.45) is 28.9 Å². The lowest BCUT2D eigenvalue weighted by Gasteiger charge is -2.59. The summed E-state index contributed by atoms with van der Waals surface area (Å²) < 4.78 is 0. The smallest absolute Gasteiger partial charge is 0.251 e. The van der Waals surface area contributed by atoms with Crippen molar-refractivity contribution in [3.05, 3.63) is 29.6 Å². The molecule has 1 heterocycles. The lowest BCUT2D eigenvalue weighted by Crippen LogP contribution is -2.55. The van der Waals surface area contributed by atoms with E-state index in [0.717, 1.165) is 23.4 Å². The number of carbonyl (C=O) groups excluding carboxylic acids is 1. The van der Waals surface area contributed by atoms with Gasteiger partial charge in [0.05, 0.1) is 5.69 Å². The molecule has 4 saturated carbocycles. The summed E-state index contributed by atoms with van der Waals surface area (Å²) in [5, 5.41) is 3.30. The molecule has 5 rings (SSSR count). The fraction of sp³-hybridized carbons (Fsp3) is 0.684. The minimum Gasteiger partial charge on any atom is -0.349 e. The van der Waals surface area contributed by atoms with Crippen molar-refractivity contribution in [3.8, 4) is 0 Å². The largest absolute Gasteiger partial charge is 0.349 e. The Kier molecular flexibility index (Phi) is 3.67. The number of nitrogens with one attached hydrogen (secondary N) is 1. The zero-order valence-corrected chi connectivity index (χ0v) is 13.9. The first-order valence-electron chi connectivity index (χ1n) is 9.04. The van der Waals surface area contributed by atoms with Crippen LogP contribution in [0.5, 0.6) is 0 Å². The van der Waals surface area contributed by atoms with E-state index >= 15 is 0 Å². The van der Waals surface area contributed by atoms with E-state index in [1.807, 2.05) is 6.07 Å². The number of pyridine rings is 1. The highest BCUT2D eigenvalue weighted by molar-refractivity contribution is 5.94. The lowest BCUT2D eigenvalue weighted by molar-refractivity contribution is -0.0688. The van der Waals surface area contributed by atoms with Crippen LogP contribution in [0, 0.1) is 23.2 Å². The highest BCUT2D eigenvalue weighted by Crippen LogP contribution is 2.61. The summed E-state index contributed by atoms with van der Waals surface area (Å²) in [6.07, 6.45) is 9.91. The Morgan fingerprint density at radius 2 is 1.91 bits per heavy atom. The zero-order chi connectivity index (χ0) is 16.0. The number of amides is 1. The van der Waals surface area contributed by atoms with Gasteiger partial charge < -0.3 is 11.1 Å². The Labute approximate surface area is 138 Å². The SMILES string of the molecule is CC(NC(=O)c1ccnc(CN)c1)C12CC3CC(CC(C3)C1)C2. The van der Waals surface area contributed by atoms with Crippen molar-refractivity contribution in [2.45, 2.75) is 58.0 Å². The Balaban J connectivity index is 1.49. The number of rotatable bonds is 4. The van der Waals surface area contributed by atoms with Gasteiger partial charge in [0.1, 0.15) is 0 Å². The molecule has 1 amide bonds. The molecule has 124 valence electrons. The molecular formula is C19H27N3O. The van der Waals surface area contributed by atoms with Gasteiger partial charge in [-0.15, -0.1) is 0 Å². The van der Waals surface area contributed by atoms with E-state index in [-0.39, 0.29) is 11.9 Å². The molecule has 4 heteroatoms. The quantitative estimate of drug-likeness (QED) is 0.898. The Morgan fingerprint density at radius 3 is 2.48 bits per heavy atom. The van der Waals surface area contributed by atoms with Crippen LogP contribution in [0.3, 0.4) is 0 Å². The van der Waals surface area contributed by atoms with Crippen LogP contribution < -0.4 is 11.1 Å². The Hall–Kier alpha value is -1.42. The second-order valence-electron chi connectivity index (χ2n) is 8.22. The van der Waals surface area contributed by atoms with Gasteiger partial charge in [-0.25, -0.2) is 0 Å². The molecule has 1 unspecified atom stereocenters. The van der Waals surface area contributed by atoms with Gasteiger partial charge in [-0.1, -0.05) is 0 Å². The van der Waals surface area contributed by atoms with Crippen molar-refractivity contribution in [1.29, 1.82) is 0 Å².